The second kappa shape index (κ2) is 9.85. The van der Waals surface area contributed by atoms with Crippen molar-refractivity contribution in [3.8, 4) is 0 Å². The van der Waals surface area contributed by atoms with Crippen LogP contribution in [0.1, 0.15) is 57.3 Å². The van der Waals surface area contributed by atoms with Gasteiger partial charge in [0.15, 0.2) is 5.78 Å². The molecule has 5 rings (SSSR count). The van der Waals surface area contributed by atoms with Crippen molar-refractivity contribution in [1.29, 1.82) is 0 Å². The fourth-order valence-corrected chi connectivity index (χ4v) is 4.74. The zero-order valence-corrected chi connectivity index (χ0v) is 21.3. The molecule has 1 aromatic heterocycles. The van der Waals surface area contributed by atoms with E-state index in [0.29, 0.717) is 21.3 Å². The number of rotatable bonds is 8. The lowest BCUT2D eigenvalue weighted by Crippen LogP contribution is -2.49. The van der Waals surface area contributed by atoms with Crippen LogP contribution >= 0.6 is 23.2 Å². The van der Waals surface area contributed by atoms with Crippen LogP contribution in [0.25, 0.3) is 0 Å². The molecule has 0 spiro atoms. The predicted octanol–water partition coefficient (Wildman–Crippen LogP) is 5.09. The van der Waals surface area contributed by atoms with Gasteiger partial charge in [0.1, 0.15) is 12.5 Å². The second-order valence-corrected chi connectivity index (χ2v) is 9.92. The molecule has 1 aliphatic heterocycles. The van der Waals surface area contributed by atoms with Crippen molar-refractivity contribution in [2.24, 2.45) is 5.92 Å². The highest BCUT2D eigenvalue weighted by molar-refractivity contribution is 6.30. The molecule has 0 bridgehead atoms. The van der Waals surface area contributed by atoms with Crippen LogP contribution in [0, 0.1) is 11.7 Å². The number of hydrogen-bond donors (Lipinski definition) is 1. The minimum Gasteiger partial charge on any atom is -0.333 e. The molecule has 2 aliphatic rings. The number of nitrogens with zero attached hydrogens (tertiary/aromatic N) is 2. The zero-order chi connectivity index (χ0) is 26.3. The van der Waals surface area contributed by atoms with Crippen LogP contribution in [-0.4, -0.2) is 34.2 Å². The summed E-state index contributed by atoms with van der Waals surface area (Å²) in [7, 11) is 0. The van der Waals surface area contributed by atoms with Gasteiger partial charge in [0.2, 0.25) is 11.6 Å². The normalized spacial score (nSPS) is 18.6. The molecule has 37 heavy (non-hydrogen) atoms. The monoisotopic (exact) mass is 541 g/mol. The number of ketones is 1. The number of amides is 2. The largest absolute Gasteiger partial charge is 0.333 e. The summed E-state index contributed by atoms with van der Waals surface area (Å²) < 4.78 is 22.2. The van der Waals surface area contributed by atoms with Gasteiger partial charge in [-0.25, -0.2) is 4.39 Å². The number of aromatic nitrogens is 1. The Balaban J connectivity index is 1.68. The molecule has 1 saturated carbocycles. The average molecular weight is 542 g/mol. The van der Waals surface area contributed by atoms with Crippen molar-refractivity contribution in [3.63, 3.8) is 0 Å². The zero-order valence-electron chi connectivity index (χ0n) is 19.8. The molecule has 0 saturated heterocycles. The Hall–Kier alpha value is -3.33. The average Bonchev–Trinajstić information content (AvgIpc) is 3.69. The van der Waals surface area contributed by atoms with Crippen molar-refractivity contribution in [3.05, 3.63) is 98.5 Å². The summed E-state index contributed by atoms with van der Waals surface area (Å²) in [4.78, 5) is 43.9. The molecule has 1 atom stereocenters. The van der Waals surface area contributed by atoms with Crippen molar-refractivity contribution in [2.45, 2.75) is 32.0 Å². The second-order valence-electron chi connectivity index (χ2n) is 9.05. The maximum absolute atomic E-state index is 15.9. The van der Waals surface area contributed by atoms with Gasteiger partial charge in [-0.1, -0.05) is 35.3 Å². The van der Waals surface area contributed by atoms with Crippen LogP contribution in [0.4, 0.5) is 4.39 Å². The standard InChI is InChI=1S/C27H22Cl2FN3O4/c1-15(34)17-10-22-24(23(30)11-17)27(18-4-6-19(28)7-5-18,37-14-32-25(35)16-2-3-16)33(26(22)36)13-21-9-8-20(29)12-31-21/h4-12,16H,2-3,13-14H2,1H3,(H,32,35)/t27-/m1/s1. The maximum Gasteiger partial charge on any atom is 0.257 e. The SMILES string of the molecule is CC(=O)c1cc(F)c2c(c1)C(=O)N(Cc1ccc(Cl)cn1)[C@@]2(OCNC(=O)C1CC1)c1ccc(Cl)cc1. The summed E-state index contributed by atoms with van der Waals surface area (Å²) in [5.41, 5.74) is -0.908. The van der Waals surface area contributed by atoms with E-state index in [4.69, 9.17) is 27.9 Å². The molecule has 10 heteroatoms. The van der Waals surface area contributed by atoms with Crippen LogP contribution in [0.15, 0.2) is 54.7 Å². The van der Waals surface area contributed by atoms with Crippen molar-refractivity contribution in [1.82, 2.24) is 15.2 Å². The molecule has 1 N–H and O–H groups in total. The number of ether oxygens (including phenoxy) is 1. The summed E-state index contributed by atoms with van der Waals surface area (Å²) in [5.74, 6) is -1.98. The molecule has 2 heterocycles. The third-order valence-electron chi connectivity index (χ3n) is 6.51. The lowest BCUT2D eigenvalue weighted by molar-refractivity contribution is -0.137. The number of carbonyl (C=O) groups is 3. The van der Waals surface area contributed by atoms with Crippen molar-refractivity contribution < 1.29 is 23.5 Å². The lowest BCUT2D eigenvalue weighted by Gasteiger charge is -2.39. The van der Waals surface area contributed by atoms with Gasteiger partial charge in [-0.3, -0.25) is 24.3 Å². The number of nitrogens with one attached hydrogen (secondary N) is 1. The number of halogens is 3. The van der Waals surface area contributed by atoms with Crippen molar-refractivity contribution >= 4 is 40.8 Å². The van der Waals surface area contributed by atoms with Crippen LogP contribution in [0.3, 0.4) is 0 Å². The number of hydrogen-bond acceptors (Lipinski definition) is 5. The molecule has 190 valence electrons. The first-order valence-corrected chi connectivity index (χ1v) is 12.4. The van der Waals surface area contributed by atoms with Gasteiger partial charge in [0.25, 0.3) is 5.91 Å². The minimum atomic E-state index is -1.78. The van der Waals surface area contributed by atoms with E-state index in [0.717, 1.165) is 18.9 Å². The van der Waals surface area contributed by atoms with Crippen LogP contribution in [-0.2, 0) is 21.8 Å². The van der Waals surface area contributed by atoms with E-state index in [9.17, 15) is 14.4 Å². The quantitative estimate of drug-likeness (QED) is 0.317. The minimum absolute atomic E-state index is 0.0115. The fraction of sp³-hybridized carbons (Fsp3) is 0.259. The molecule has 1 aliphatic carbocycles. The first-order valence-electron chi connectivity index (χ1n) is 11.7. The highest BCUT2D eigenvalue weighted by Gasteiger charge is 2.54. The summed E-state index contributed by atoms with van der Waals surface area (Å²) in [5, 5.41) is 3.58. The highest BCUT2D eigenvalue weighted by atomic mass is 35.5. The number of carbonyl (C=O) groups excluding carboxylic acids is 3. The van der Waals surface area contributed by atoms with Crippen LogP contribution in [0.2, 0.25) is 10.0 Å². The molecule has 0 unspecified atom stereocenters. The molecule has 3 aromatic rings. The van der Waals surface area contributed by atoms with E-state index in [1.54, 1.807) is 36.4 Å². The van der Waals surface area contributed by atoms with E-state index in [1.807, 2.05) is 0 Å². The highest BCUT2D eigenvalue weighted by Crippen LogP contribution is 2.48. The Bertz CT molecular complexity index is 1390. The molecule has 1 fully saturated rings. The molecule has 2 amide bonds. The van der Waals surface area contributed by atoms with Gasteiger partial charge in [-0.05, 0) is 56.2 Å². The van der Waals surface area contributed by atoms with E-state index in [1.165, 1.54) is 24.1 Å². The Morgan fingerprint density at radius 1 is 1.14 bits per heavy atom. The third-order valence-corrected chi connectivity index (χ3v) is 6.99. The molecule has 2 aromatic carbocycles. The fourth-order valence-electron chi connectivity index (χ4n) is 4.50. The predicted molar refractivity (Wildman–Crippen MR) is 135 cm³/mol. The molecule has 0 radical (unpaired) electrons. The van der Waals surface area contributed by atoms with Gasteiger partial charge in [-0.15, -0.1) is 0 Å². The summed E-state index contributed by atoms with van der Waals surface area (Å²) in [6.45, 7) is 0.939. The molecular formula is C27H22Cl2FN3O4. The Morgan fingerprint density at radius 3 is 2.46 bits per heavy atom. The Morgan fingerprint density at radius 2 is 1.84 bits per heavy atom. The topological polar surface area (TPSA) is 88.6 Å². The van der Waals surface area contributed by atoms with Gasteiger partial charge in [0.05, 0.1) is 28.4 Å². The maximum atomic E-state index is 15.9. The Labute approximate surface area is 222 Å². The van der Waals surface area contributed by atoms with Gasteiger partial charge in [0, 0.05) is 28.3 Å². The first kappa shape index (κ1) is 25.3. The number of fused-ring (bicyclic) bond motifs is 1. The van der Waals surface area contributed by atoms with Gasteiger partial charge in [-0.2, -0.15) is 0 Å². The smallest absolute Gasteiger partial charge is 0.257 e. The van der Waals surface area contributed by atoms with Gasteiger partial charge < -0.3 is 10.1 Å². The molecular weight excluding hydrogens is 520 g/mol. The number of pyridine rings is 1. The lowest BCUT2D eigenvalue weighted by atomic mass is 9.91. The van der Waals surface area contributed by atoms with E-state index < -0.39 is 17.4 Å². The number of benzene rings is 2. The van der Waals surface area contributed by atoms with Crippen LogP contribution in [0.5, 0.6) is 0 Å². The van der Waals surface area contributed by atoms with E-state index in [2.05, 4.69) is 10.3 Å². The summed E-state index contributed by atoms with van der Waals surface area (Å²) in [6, 6.07) is 12.2. The summed E-state index contributed by atoms with van der Waals surface area (Å²) >= 11 is 12.1. The van der Waals surface area contributed by atoms with Gasteiger partial charge >= 0.3 is 0 Å². The van der Waals surface area contributed by atoms with E-state index >= 15 is 4.39 Å². The van der Waals surface area contributed by atoms with Crippen molar-refractivity contribution in [2.75, 3.05) is 6.73 Å². The Kier molecular flexibility index (Phi) is 6.74. The third kappa shape index (κ3) is 4.72. The number of Topliss-reactive ketones (excluding diaryl/α,β-unsaturated/α-hetero) is 1. The summed E-state index contributed by atoms with van der Waals surface area (Å²) in [6.07, 6.45) is 3.04. The first-order chi connectivity index (χ1) is 17.7. The van der Waals surface area contributed by atoms with Crippen LogP contribution < -0.4 is 5.32 Å². The van der Waals surface area contributed by atoms with E-state index in [-0.39, 0.29) is 47.6 Å². The molecule has 7 nitrogen and oxygen atoms in total.